The minimum atomic E-state index is -0.419. The highest BCUT2D eigenvalue weighted by atomic mass is 19.1. The molecule has 0 aliphatic rings. The smallest absolute Gasteiger partial charge is 0.227 e. The van der Waals surface area contributed by atoms with Crippen molar-refractivity contribution in [2.75, 3.05) is 11.1 Å². The molecule has 94 valence electrons. The Bertz CT molecular complexity index is 424. The fourth-order valence-corrected chi connectivity index (χ4v) is 1.27. The number of anilines is 2. The van der Waals surface area contributed by atoms with Gasteiger partial charge < -0.3 is 11.1 Å². The summed E-state index contributed by atoms with van der Waals surface area (Å²) in [7, 11) is 0. The molecular formula is C13H19FN2O. The molecule has 0 saturated heterocycles. The molecule has 0 spiro atoms. The van der Waals surface area contributed by atoms with E-state index in [0.29, 0.717) is 11.4 Å². The lowest BCUT2D eigenvalue weighted by Crippen LogP contribution is -2.31. The van der Waals surface area contributed by atoms with E-state index in [4.69, 9.17) is 5.73 Å². The van der Waals surface area contributed by atoms with Crippen LogP contribution in [0.3, 0.4) is 0 Å². The standard InChI is InChI=1S/C13H19FN2O/c1-8(13(2,3)4)12(17)16-11-7-9(14)5-6-10(11)15/h5-8H,15H2,1-4H3,(H,16,17)/t8-/m1/s1. The number of nitrogens with one attached hydrogen (secondary N) is 1. The van der Waals surface area contributed by atoms with Gasteiger partial charge in [0.25, 0.3) is 0 Å². The zero-order valence-corrected chi connectivity index (χ0v) is 10.7. The summed E-state index contributed by atoms with van der Waals surface area (Å²) in [6.45, 7) is 7.77. The number of hydrogen-bond donors (Lipinski definition) is 2. The van der Waals surface area contributed by atoms with Crippen LogP contribution in [0.5, 0.6) is 0 Å². The predicted octanol–water partition coefficient (Wildman–Crippen LogP) is 3.03. The number of carbonyl (C=O) groups excluding carboxylic acids is 1. The first kappa shape index (κ1) is 13.5. The highest BCUT2D eigenvalue weighted by Gasteiger charge is 2.27. The van der Waals surface area contributed by atoms with Crippen molar-refractivity contribution in [2.24, 2.45) is 11.3 Å². The van der Waals surface area contributed by atoms with Crippen LogP contribution in [0.4, 0.5) is 15.8 Å². The highest BCUT2D eigenvalue weighted by molar-refractivity contribution is 5.95. The van der Waals surface area contributed by atoms with E-state index in [2.05, 4.69) is 5.32 Å². The molecule has 1 rings (SSSR count). The first-order chi connectivity index (χ1) is 7.71. The molecule has 1 atom stereocenters. The summed E-state index contributed by atoms with van der Waals surface area (Å²) in [6, 6.07) is 3.92. The van der Waals surface area contributed by atoms with E-state index in [0.717, 1.165) is 0 Å². The Labute approximate surface area is 101 Å². The van der Waals surface area contributed by atoms with Gasteiger partial charge in [-0.25, -0.2) is 4.39 Å². The Morgan fingerprint density at radius 3 is 2.53 bits per heavy atom. The second-order valence-electron chi connectivity index (χ2n) is 5.31. The zero-order chi connectivity index (χ0) is 13.2. The van der Waals surface area contributed by atoms with Crippen LogP contribution in [0, 0.1) is 17.2 Å². The molecule has 0 saturated carbocycles. The zero-order valence-electron chi connectivity index (χ0n) is 10.7. The molecule has 0 heterocycles. The second kappa shape index (κ2) is 4.73. The lowest BCUT2D eigenvalue weighted by atomic mass is 9.81. The summed E-state index contributed by atoms with van der Waals surface area (Å²) in [5.41, 5.74) is 6.21. The molecule has 0 unspecified atom stereocenters. The number of amides is 1. The molecule has 0 aliphatic heterocycles. The summed E-state index contributed by atoms with van der Waals surface area (Å²) >= 11 is 0. The van der Waals surface area contributed by atoms with Crippen molar-refractivity contribution in [3.05, 3.63) is 24.0 Å². The molecule has 3 nitrogen and oxygen atoms in total. The Morgan fingerprint density at radius 2 is 2.00 bits per heavy atom. The number of halogens is 1. The van der Waals surface area contributed by atoms with Crippen LogP contribution in [-0.2, 0) is 4.79 Å². The molecule has 17 heavy (non-hydrogen) atoms. The Balaban J connectivity index is 2.85. The number of hydrogen-bond acceptors (Lipinski definition) is 2. The van der Waals surface area contributed by atoms with Crippen LogP contribution in [0.15, 0.2) is 18.2 Å². The maximum atomic E-state index is 13.0. The van der Waals surface area contributed by atoms with Gasteiger partial charge in [0.1, 0.15) is 5.82 Å². The molecule has 4 heteroatoms. The van der Waals surface area contributed by atoms with Crippen LogP contribution in [0.25, 0.3) is 0 Å². The molecule has 0 fully saturated rings. The third-order valence-electron chi connectivity index (χ3n) is 2.97. The normalized spacial score (nSPS) is 13.2. The first-order valence-corrected chi connectivity index (χ1v) is 5.57. The Morgan fingerprint density at radius 1 is 1.41 bits per heavy atom. The fraction of sp³-hybridized carbons (Fsp3) is 0.462. The maximum absolute atomic E-state index is 13.0. The first-order valence-electron chi connectivity index (χ1n) is 5.57. The van der Waals surface area contributed by atoms with Crippen molar-refractivity contribution >= 4 is 17.3 Å². The molecule has 1 aromatic carbocycles. The molecule has 0 aliphatic carbocycles. The van der Waals surface area contributed by atoms with E-state index >= 15 is 0 Å². The van der Waals surface area contributed by atoms with Gasteiger partial charge in [-0.05, 0) is 23.6 Å². The Hall–Kier alpha value is -1.58. The monoisotopic (exact) mass is 238 g/mol. The largest absolute Gasteiger partial charge is 0.397 e. The van der Waals surface area contributed by atoms with Crippen molar-refractivity contribution in [3.8, 4) is 0 Å². The molecule has 3 N–H and O–H groups in total. The topological polar surface area (TPSA) is 55.1 Å². The van der Waals surface area contributed by atoms with Crippen molar-refractivity contribution in [1.29, 1.82) is 0 Å². The predicted molar refractivity (Wildman–Crippen MR) is 68.1 cm³/mol. The number of carbonyl (C=O) groups is 1. The van der Waals surface area contributed by atoms with Crippen molar-refractivity contribution in [1.82, 2.24) is 0 Å². The van der Waals surface area contributed by atoms with E-state index < -0.39 is 5.82 Å². The lowest BCUT2D eigenvalue weighted by molar-refractivity contribution is -0.122. The Kier molecular flexibility index (Phi) is 3.76. The quantitative estimate of drug-likeness (QED) is 0.778. The van der Waals surface area contributed by atoms with Gasteiger partial charge in [-0.3, -0.25) is 4.79 Å². The summed E-state index contributed by atoms with van der Waals surface area (Å²) in [4.78, 5) is 11.9. The van der Waals surface area contributed by atoms with E-state index in [-0.39, 0.29) is 17.2 Å². The summed E-state index contributed by atoms with van der Waals surface area (Å²) < 4.78 is 13.0. The van der Waals surface area contributed by atoms with Crippen molar-refractivity contribution in [2.45, 2.75) is 27.7 Å². The molecule has 0 bridgehead atoms. The van der Waals surface area contributed by atoms with Crippen molar-refractivity contribution in [3.63, 3.8) is 0 Å². The fourth-order valence-electron chi connectivity index (χ4n) is 1.27. The molecule has 1 amide bonds. The van der Waals surface area contributed by atoms with Crippen LogP contribution >= 0.6 is 0 Å². The van der Waals surface area contributed by atoms with E-state index in [9.17, 15) is 9.18 Å². The SMILES string of the molecule is C[C@H](C(=O)Nc1cc(F)ccc1N)C(C)(C)C. The van der Waals surface area contributed by atoms with Gasteiger partial charge in [-0.2, -0.15) is 0 Å². The number of nitrogens with two attached hydrogens (primary N) is 1. The average molecular weight is 238 g/mol. The van der Waals surface area contributed by atoms with Crippen LogP contribution in [0.2, 0.25) is 0 Å². The second-order valence-corrected chi connectivity index (χ2v) is 5.31. The van der Waals surface area contributed by atoms with E-state index in [1.54, 1.807) is 0 Å². The lowest BCUT2D eigenvalue weighted by Gasteiger charge is -2.26. The van der Waals surface area contributed by atoms with E-state index in [1.807, 2.05) is 27.7 Å². The van der Waals surface area contributed by atoms with Gasteiger partial charge >= 0.3 is 0 Å². The van der Waals surface area contributed by atoms with Gasteiger partial charge in [0.2, 0.25) is 5.91 Å². The van der Waals surface area contributed by atoms with Crippen molar-refractivity contribution < 1.29 is 9.18 Å². The van der Waals surface area contributed by atoms with Gasteiger partial charge in [-0.1, -0.05) is 27.7 Å². The van der Waals surface area contributed by atoms with Crippen LogP contribution < -0.4 is 11.1 Å². The molecule has 0 aromatic heterocycles. The van der Waals surface area contributed by atoms with Gasteiger partial charge in [0.15, 0.2) is 0 Å². The van der Waals surface area contributed by atoms with Crippen LogP contribution in [-0.4, -0.2) is 5.91 Å². The number of rotatable bonds is 2. The van der Waals surface area contributed by atoms with Crippen LogP contribution in [0.1, 0.15) is 27.7 Å². The molecular weight excluding hydrogens is 219 g/mol. The van der Waals surface area contributed by atoms with Gasteiger partial charge in [0, 0.05) is 5.92 Å². The summed E-state index contributed by atoms with van der Waals surface area (Å²) in [5.74, 6) is -0.766. The molecule has 1 aromatic rings. The van der Waals surface area contributed by atoms with Gasteiger partial charge in [-0.15, -0.1) is 0 Å². The third kappa shape index (κ3) is 3.44. The summed E-state index contributed by atoms with van der Waals surface area (Å²) in [6.07, 6.45) is 0. The maximum Gasteiger partial charge on any atom is 0.227 e. The third-order valence-corrected chi connectivity index (χ3v) is 2.97. The minimum Gasteiger partial charge on any atom is -0.397 e. The molecule has 0 radical (unpaired) electrons. The number of benzene rings is 1. The number of nitrogen functional groups attached to an aromatic ring is 1. The highest BCUT2D eigenvalue weighted by Crippen LogP contribution is 2.27. The minimum absolute atomic E-state index is 0.147. The van der Waals surface area contributed by atoms with Gasteiger partial charge in [0.05, 0.1) is 11.4 Å². The summed E-state index contributed by atoms with van der Waals surface area (Å²) in [5, 5.41) is 2.65. The van der Waals surface area contributed by atoms with E-state index in [1.165, 1.54) is 18.2 Å². The average Bonchev–Trinajstić information content (AvgIpc) is 2.21.